The summed E-state index contributed by atoms with van der Waals surface area (Å²) >= 11 is 0. The van der Waals surface area contributed by atoms with Gasteiger partial charge in [-0.15, -0.1) is 0 Å². The van der Waals surface area contributed by atoms with Crippen LogP contribution in [-0.2, 0) is 0 Å². The van der Waals surface area contributed by atoms with E-state index < -0.39 is 0 Å². The molecule has 1 aliphatic rings. The fourth-order valence-corrected chi connectivity index (χ4v) is 1.78. The van der Waals surface area contributed by atoms with Crippen molar-refractivity contribution < 1.29 is 9.90 Å². The summed E-state index contributed by atoms with van der Waals surface area (Å²) in [6, 6.07) is 0.388. The predicted octanol–water partition coefficient (Wildman–Crippen LogP) is 1.73. The molecule has 0 spiro atoms. The highest BCUT2D eigenvalue weighted by Crippen LogP contribution is 2.25. The minimum absolute atomic E-state index is 0.00523. The second kappa shape index (κ2) is 5.53. The molecule has 1 saturated carbocycles. The molecule has 0 saturated heterocycles. The Morgan fingerprint density at radius 3 is 2.44 bits per heavy atom. The molecule has 1 fully saturated rings. The third kappa shape index (κ3) is 4.00. The van der Waals surface area contributed by atoms with Crippen LogP contribution in [0.1, 0.15) is 46.5 Å². The van der Waals surface area contributed by atoms with Gasteiger partial charge in [-0.1, -0.05) is 0 Å². The molecule has 0 heterocycles. The fourth-order valence-electron chi connectivity index (χ4n) is 1.78. The Morgan fingerprint density at radius 1 is 1.44 bits per heavy atom. The van der Waals surface area contributed by atoms with Crippen LogP contribution in [0.25, 0.3) is 0 Å². The van der Waals surface area contributed by atoms with Gasteiger partial charge in [0.15, 0.2) is 0 Å². The monoisotopic (exact) mass is 228 g/mol. The van der Waals surface area contributed by atoms with Crippen LogP contribution in [0.4, 0.5) is 4.79 Å². The Labute approximate surface area is 98.0 Å². The summed E-state index contributed by atoms with van der Waals surface area (Å²) in [4.78, 5) is 13.9. The van der Waals surface area contributed by atoms with E-state index in [1.54, 1.807) is 0 Å². The summed E-state index contributed by atoms with van der Waals surface area (Å²) in [7, 11) is 0. The summed E-state index contributed by atoms with van der Waals surface area (Å²) in [5.41, 5.74) is -0.196. The number of nitrogens with one attached hydrogen (secondary N) is 1. The van der Waals surface area contributed by atoms with Gasteiger partial charge in [0.05, 0.1) is 0 Å². The number of rotatable bonds is 4. The molecular weight excluding hydrogens is 204 g/mol. The van der Waals surface area contributed by atoms with Crippen LogP contribution in [0, 0.1) is 0 Å². The summed E-state index contributed by atoms with van der Waals surface area (Å²) in [6.07, 6.45) is 4.07. The van der Waals surface area contributed by atoms with Gasteiger partial charge >= 0.3 is 6.03 Å². The van der Waals surface area contributed by atoms with E-state index in [0.29, 0.717) is 19.0 Å². The lowest BCUT2D eigenvalue weighted by atomic mass is 9.91. The van der Waals surface area contributed by atoms with Crippen molar-refractivity contribution in [3.8, 4) is 0 Å². The number of urea groups is 1. The SMILES string of the molecule is CC(C)(C)NC(=O)N(CCCO)C1CCC1. The molecular formula is C12H24N2O2. The first-order chi connectivity index (χ1) is 7.44. The average molecular weight is 228 g/mol. The molecule has 0 aromatic heterocycles. The van der Waals surface area contributed by atoms with Crippen LogP contribution in [0.15, 0.2) is 0 Å². The van der Waals surface area contributed by atoms with Crippen molar-refractivity contribution in [2.75, 3.05) is 13.2 Å². The molecule has 1 rings (SSSR count). The molecule has 0 atom stereocenters. The molecule has 2 N–H and O–H groups in total. The van der Waals surface area contributed by atoms with E-state index in [2.05, 4.69) is 5.32 Å². The Kier molecular flexibility index (Phi) is 4.59. The van der Waals surface area contributed by atoms with Gasteiger partial charge in [0, 0.05) is 24.7 Å². The molecule has 0 bridgehead atoms. The average Bonchev–Trinajstić information content (AvgIpc) is 2.05. The molecule has 2 amide bonds. The number of hydrogen-bond acceptors (Lipinski definition) is 2. The van der Waals surface area contributed by atoms with Gasteiger partial charge in [-0.3, -0.25) is 0 Å². The molecule has 94 valence electrons. The van der Waals surface area contributed by atoms with E-state index in [9.17, 15) is 4.79 Å². The smallest absolute Gasteiger partial charge is 0.318 e. The van der Waals surface area contributed by atoms with Gasteiger partial charge in [0.2, 0.25) is 0 Å². The number of aliphatic hydroxyl groups excluding tert-OH is 1. The lowest BCUT2D eigenvalue weighted by Crippen LogP contribution is -2.54. The zero-order valence-electron chi connectivity index (χ0n) is 10.6. The zero-order chi connectivity index (χ0) is 12.2. The van der Waals surface area contributed by atoms with Crippen molar-refractivity contribution in [1.29, 1.82) is 0 Å². The van der Waals surface area contributed by atoms with Crippen LogP contribution in [0.2, 0.25) is 0 Å². The minimum Gasteiger partial charge on any atom is -0.396 e. The molecule has 0 aromatic carbocycles. The third-order valence-electron chi connectivity index (χ3n) is 2.82. The van der Waals surface area contributed by atoms with Crippen molar-refractivity contribution in [2.24, 2.45) is 0 Å². The van der Waals surface area contributed by atoms with Gasteiger partial charge < -0.3 is 15.3 Å². The number of amides is 2. The summed E-state index contributed by atoms with van der Waals surface area (Å²) in [6.45, 7) is 6.75. The first-order valence-electron chi connectivity index (χ1n) is 6.13. The highest BCUT2D eigenvalue weighted by Gasteiger charge is 2.29. The number of carbonyl (C=O) groups excluding carboxylic acids is 1. The maximum absolute atomic E-state index is 12.0. The van der Waals surface area contributed by atoms with Crippen LogP contribution in [-0.4, -0.2) is 40.8 Å². The van der Waals surface area contributed by atoms with E-state index in [1.807, 2.05) is 25.7 Å². The second-order valence-electron chi connectivity index (χ2n) is 5.54. The zero-order valence-corrected chi connectivity index (χ0v) is 10.6. The Balaban J connectivity index is 2.50. The van der Waals surface area contributed by atoms with Crippen LogP contribution < -0.4 is 5.32 Å². The number of carbonyl (C=O) groups is 1. The van der Waals surface area contributed by atoms with E-state index in [-0.39, 0.29) is 18.2 Å². The number of aliphatic hydroxyl groups is 1. The first kappa shape index (κ1) is 13.3. The van der Waals surface area contributed by atoms with E-state index in [1.165, 1.54) is 6.42 Å². The number of hydrogen-bond donors (Lipinski definition) is 2. The fraction of sp³-hybridized carbons (Fsp3) is 0.917. The molecule has 1 aliphatic carbocycles. The standard InChI is InChI=1S/C12H24N2O2/c1-12(2,3)13-11(16)14(8-5-9-15)10-6-4-7-10/h10,15H,4-9H2,1-3H3,(H,13,16). The normalized spacial score (nSPS) is 16.8. The van der Waals surface area contributed by atoms with Crippen molar-refractivity contribution in [3.05, 3.63) is 0 Å². The highest BCUT2D eigenvalue weighted by atomic mass is 16.3. The van der Waals surface area contributed by atoms with Crippen LogP contribution in [0.5, 0.6) is 0 Å². The topological polar surface area (TPSA) is 52.6 Å². The van der Waals surface area contributed by atoms with E-state index in [4.69, 9.17) is 5.11 Å². The van der Waals surface area contributed by atoms with Crippen molar-refractivity contribution in [1.82, 2.24) is 10.2 Å². The maximum Gasteiger partial charge on any atom is 0.318 e. The Bertz CT molecular complexity index is 232. The van der Waals surface area contributed by atoms with Crippen molar-refractivity contribution in [2.45, 2.75) is 58.0 Å². The molecule has 4 heteroatoms. The lowest BCUT2D eigenvalue weighted by molar-refractivity contribution is 0.125. The quantitative estimate of drug-likeness (QED) is 0.770. The lowest BCUT2D eigenvalue weighted by Gasteiger charge is -2.39. The molecule has 4 nitrogen and oxygen atoms in total. The number of nitrogens with zero attached hydrogens (tertiary/aromatic N) is 1. The highest BCUT2D eigenvalue weighted by molar-refractivity contribution is 5.75. The molecule has 0 aromatic rings. The van der Waals surface area contributed by atoms with Crippen LogP contribution >= 0.6 is 0 Å². The Hall–Kier alpha value is -0.770. The van der Waals surface area contributed by atoms with Gasteiger partial charge in [0.25, 0.3) is 0 Å². The van der Waals surface area contributed by atoms with E-state index >= 15 is 0 Å². The first-order valence-corrected chi connectivity index (χ1v) is 6.13. The van der Waals surface area contributed by atoms with Gasteiger partial charge in [0.1, 0.15) is 0 Å². The molecule has 16 heavy (non-hydrogen) atoms. The largest absolute Gasteiger partial charge is 0.396 e. The minimum atomic E-state index is -0.196. The maximum atomic E-state index is 12.0. The molecule has 0 radical (unpaired) electrons. The predicted molar refractivity (Wildman–Crippen MR) is 64.3 cm³/mol. The van der Waals surface area contributed by atoms with Crippen molar-refractivity contribution in [3.63, 3.8) is 0 Å². The van der Waals surface area contributed by atoms with Crippen molar-refractivity contribution >= 4 is 6.03 Å². The van der Waals surface area contributed by atoms with Gasteiger partial charge in [-0.05, 0) is 46.5 Å². The van der Waals surface area contributed by atoms with Gasteiger partial charge in [-0.2, -0.15) is 0 Å². The van der Waals surface area contributed by atoms with Crippen LogP contribution in [0.3, 0.4) is 0 Å². The summed E-state index contributed by atoms with van der Waals surface area (Å²) < 4.78 is 0. The van der Waals surface area contributed by atoms with E-state index in [0.717, 1.165) is 12.8 Å². The van der Waals surface area contributed by atoms with Gasteiger partial charge in [-0.25, -0.2) is 4.79 Å². The summed E-state index contributed by atoms with van der Waals surface area (Å²) in [5.74, 6) is 0. The summed E-state index contributed by atoms with van der Waals surface area (Å²) in [5, 5.41) is 11.8. The molecule has 0 aliphatic heterocycles. The second-order valence-corrected chi connectivity index (χ2v) is 5.54. The third-order valence-corrected chi connectivity index (χ3v) is 2.82. The molecule has 0 unspecified atom stereocenters. The Morgan fingerprint density at radius 2 is 2.06 bits per heavy atom.